The molecule has 0 aromatic carbocycles. The topological polar surface area (TPSA) is 87.9 Å². The first-order valence-electron chi connectivity index (χ1n) is 9.55. The molecule has 0 spiro atoms. The van der Waals surface area contributed by atoms with Crippen molar-refractivity contribution in [3.8, 4) is 5.88 Å². The fourth-order valence-corrected chi connectivity index (χ4v) is 3.83. The highest BCUT2D eigenvalue weighted by atomic mass is 19.1. The van der Waals surface area contributed by atoms with Gasteiger partial charge < -0.3 is 19.9 Å². The Balaban J connectivity index is 1.66. The Kier molecular flexibility index (Phi) is 4.37. The number of rotatable bonds is 0. The molecule has 2 aliphatic heterocycles. The number of likely N-dealkylation sites (N-methyl/N-ethyl adjacent to an activating group) is 1. The second-order valence-corrected chi connectivity index (χ2v) is 7.36. The molecule has 3 aromatic heterocycles. The van der Waals surface area contributed by atoms with Gasteiger partial charge in [-0.15, -0.1) is 0 Å². The van der Waals surface area contributed by atoms with Crippen LogP contribution in [0.15, 0.2) is 30.7 Å². The lowest BCUT2D eigenvalue weighted by Gasteiger charge is -2.27. The van der Waals surface area contributed by atoms with Crippen molar-refractivity contribution in [3.05, 3.63) is 42.1 Å². The minimum absolute atomic E-state index is 0.0996. The highest BCUT2D eigenvalue weighted by Crippen LogP contribution is 2.40. The van der Waals surface area contributed by atoms with Gasteiger partial charge in [0.2, 0.25) is 5.88 Å². The predicted molar refractivity (Wildman–Crippen MR) is 104 cm³/mol. The molecule has 2 atom stereocenters. The molecule has 30 heavy (non-hydrogen) atoms. The molecule has 5 heterocycles. The van der Waals surface area contributed by atoms with Gasteiger partial charge in [0.05, 0.1) is 31.5 Å². The van der Waals surface area contributed by atoms with E-state index >= 15 is 0 Å². The fraction of sp³-hybridized carbons (Fsp3) is 0.368. The van der Waals surface area contributed by atoms with Gasteiger partial charge in [0.15, 0.2) is 5.65 Å². The number of urea groups is 1. The smallest absolute Gasteiger partial charge is 0.321 e. The first-order valence-corrected chi connectivity index (χ1v) is 9.55. The zero-order valence-electron chi connectivity index (χ0n) is 16.1. The Morgan fingerprint density at radius 2 is 2.20 bits per heavy atom. The van der Waals surface area contributed by atoms with E-state index in [1.165, 1.54) is 21.7 Å². The molecule has 0 aliphatic carbocycles. The molecule has 9 nitrogen and oxygen atoms in total. The average Bonchev–Trinajstić information content (AvgIpc) is 3.31. The maximum Gasteiger partial charge on any atom is 0.321 e. The van der Waals surface area contributed by atoms with Gasteiger partial charge in [0.25, 0.3) is 0 Å². The largest absolute Gasteiger partial charge is 0.476 e. The van der Waals surface area contributed by atoms with Crippen molar-refractivity contribution in [1.82, 2.24) is 24.5 Å². The lowest BCUT2D eigenvalue weighted by Crippen LogP contribution is -2.35. The molecule has 1 saturated heterocycles. The van der Waals surface area contributed by atoms with Crippen molar-refractivity contribution < 1.29 is 18.3 Å². The molecular weight excluding hydrogens is 396 g/mol. The van der Waals surface area contributed by atoms with Gasteiger partial charge >= 0.3 is 6.03 Å². The second-order valence-electron chi connectivity index (χ2n) is 7.36. The summed E-state index contributed by atoms with van der Waals surface area (Å²) >= 11 is 0. The summed E-state index contributed by atoms with van der Waals surface area (Å²) in [5.74, 6) is 0.181. The van der Waals surface area contributed by atoms with Crippen LogP contribution in [0.3, 0.4) is 0 Å². The summed E-state index contributed by atoms with van der Waals surface area (Å²) in [5, 5.41) is 6.99. The van der Waals surface area contributed by atoms with Crippen LogP contribution in [-0.4, -0.2) is 63.4 Å². The molecule has 0 radical (unpaired) electrons. The molecule has 1 fully saturated rings. The normalized spacial score (nSPS) is 21.8. The monoisotopic (exact) mass is 415 g/mol. The Bertz CT molecular complexity index is 1120. The molecule has 2 amide bonds. The number of nitrogens with one attached hydrogen (secondary N) is 1. The first kappa shape index (κ1) is 18.5. The second kappa shape index (κ2) is 7.08. The Labute approximate surface area is 170 Å². The van der Waals surface area contributed by atoms with E-state index in [4.69, 9.17) is 4.74 Å². The van der Waals surface area contributed by atoms with Crippen molar-refractivity contribution in [1.29, 1.82) is 0 Å². The molecule has 1 N–H and O–H groups in total. The van der Waals surface area contributed by atoms with Crippen LogP contribution in [-0.2, 0) is 0 Å². The van der Waals surface area contributed by atoms with Crippen LogP contribution in [0.1, 0.15) is 18.0 Å². The molecule has 0 unspecified atom stereocenters. The van der Waals surface area contributed by atoms with Crippen LogP contribution in [0.5, 0.6) is 5.88 Å². The third-order valence-corrected chi connectivity index (χ3v) is 5.36. The summed E-state index contributed by atoms with van der Waals surface area (Å²) in [6.45, 7) is 0.513. The van der Waals surface area contributed by atoms with Gasteiger partial charge in [0, 0.05) is 25.2 Å². The van der Waals surface area contributed by atoms with E-state index in [1.54, 1.807) is 24.2 Å². The molecule has 11 heteroatoms. The quantitative estimate of drug-likeness (QED) is 0.607. The molecule has 156 valence electrons. The van der Waals surface area contributed by atoms with E-state index in [9.17, 15) is 13.6 Å². The van der Waals surface area contributed by atoms with Crippen LogP contribution in [0.25, 0.3) is 5.65 Å². The lowest BCUT2D eigenvalue weighted by molar-refractivity contribution is 0.205. The first-order chi connectivity index (χ1) is 14.5. The van der Waals surface area contributed by atoms with E-state index in [0.29, 0.717) is 22.7 Å². The SMILES string of the molecule is CN1CCOc2ncc(F)cc2[C@H]2C[C@H](F)CN2c2ccn3ncc(c3n2)NC1=O. The number of carbonyl (C=O) groups is 1. The number of alkyl halides is 1. The minimum Gasteiger partial charge on any atom is -0.476 e. The van der Waals surface area contributed by atoms with E-state index in [-0.39, 0.29) is 38.0 Å². The third-order valence-electron chi connectivity index (χ3n) is 5.36. The molecule has 0 saturated carbocycles. The van der Waals surface area contributed by atoms with Gasteiger partial charge in [-0.1, -0.05) is 0 Å². The standard InChI is InChI=1S/C19H19F2N7O2/c1-26-4-5-30-18-13(6-11(20)8-22-18)15-7-12(21)10-27(15)16-2-3-28-17(25-16)14(9-23-28)24-19(26)29/h2-3,6,8-9,12,15H,4-5,7,10H2,1H3,(H,24,29)/t12-,15+/m0/s1. The maximum atomic E-state index is 14.5. The van der Waals surface area contributed by atoms with Crippen molar-refractivity contribution in [2.45, 2.75) is 18.6 Å². The van der Waals surface area contributed by atoms with Crippen molar-refractivity contribution in [3.63, 3.8) is 0 Å². The fourth-order valence-electron chi connectivity index (χ4n) is 3.83. The number of anilines is 2. The zero-order valence-corrected chi connectivity index (χ0v) is 16.1. The number of pyridine rings is 1. The summed E-state index contributed by atoms with van der Waals surface area (Å²) in [6, 6.07) is 2.19. The van der Waals surface area contributed by atoms with Crippen LogP contribution in [0, 0.1) is 5.82 Å². The van der Waals surface area contributed by atoms with Gasteiger partial charge in [-0.05, 0) is 12.1 Å². The number of halogens is 2. The minimum atomic E-state index is -1.12. The zero-order chi connectivity index (χ0) is 20.8. The number of hydrogen-bond donors (Lipinski definition) is 1. The van der Waals surface area contributed by atoms with Crippen molar-refractivity contribution >= 4 is 23.2 Å². The maximum absolute atomic E-state index is 14.5. The molecule has 2 bridgehead atoms. The Morgan fingerprint density at radius 3 is 3.07 bits per heavy atom. The third kappa shape index (κ3) is 3.15. The summed E-state index contributed by atoms with van der Waals surface area (Å²) in [6.07, 6.45) is 3.31. The van der Waals surface area contributed by atoms with E-state index in [1.807, 2.05) is 0 Å². The van der Waals surface area contributed by atoms with Gasteiger partial charge in [-0.25, -0.2) is 28.1 Å². The van der Waals surface area contributed by atoms with Gasteiger partial charge in [-0.2, -0.15) is 5.10 Å². The summed E-state index contributed by atoms with van der Waals surface area (Å²) in [5.41, 5.74) is 1.32. The highest BCUT2D eigenvalue weighted by Gasteiger charge is 2.37. The molecule has 2 aliphatic rings. The summed E-state index contributed by atoms with van der Waals surface area (Å²) < 4.78 is 35.8. The molecular formula is C19H19F2N7O2. The van der Waals surface area contributed by atoms with Crippen LogP contribution in [0.4, 0.5) is 25.1 Å². The van der Waals surface area contributed by atoms with Crippen LogP contribution in [0.2, 0.25) is 0 Å². The van der Waals surface area contributed by atoms with Crippen molar-refractivity contribution in [2.24, 2.45) is 0 Å². The lowest BCUT2D eigenvalue weighted by atomic mass is 10.1. The number of nitrogens with zero attached hydrogens (tertiary/aromatic N) is 6. The number of carbonyl (C=O) groups excluding carboxylic acids is 1. The van der Waals surface area contributed by atoms with Gasteiger partial charge in [-0.3, -0.25) is 0 Å². The number of ether oxygens (including phenoxy) is 1. The Hall–Kier alpha value is -3.50. The van der Waals surface area contributed by atoms with Crippen LogP contribution >= 0.6 is 0 Å². The highest BCUT2D eigenvalue weighted by molar-refractivity contribution is 5.93. The summed E-state index contributed by atoms with van der Waals surface area (Å²) in [4.78, 5) is 24.4. The van der Waals surface area contributed by atoms with Crippen LogP contribution < -0.4 is 15.0 Å². The van der Waals surface area contributed by atoms with Crippen molar-refractivity contribution in [2.75, 3.05) is 37.0 Å². The average molecular weight is 415 g/mol. The van der Waals surface area contributed by atoms with Gasteiger partial charge in [0.1, 0.15) is 30.1 Å². The van der Waals surface area contributed by atoms with E-state index in [2.05, 4.69) is 20.4 Å². The predicted octanol–water partition coefficient (Wildman–Crippen LogP) is 2.41. The van der Waals surface area contributed by atoms with E-state index in [0.717, 1.165) is 6.20 Å². The molecule has 5 rings (SSSR count). The Morgan fingerprint density at radius 1 is 1.33 bits per heavy atom. The summed E-state index contributed by atoms with van der Waals surface area (Å²) in [7, 11) is 1.63. The number of aromatic nitrogens is 4. The number of fused-ring (bicyclic) bond motifs is 5. The molecule has 3 aromatic rings. The van der Waals surface area contributed by atoms with E-state index < -0.39 is 18.0 Å². The number of amides is 2. The number of hydrogen-bond acceptors (Lipinski definition) is 6.